The van der Waals surface area contributed by atoms with Crippen LogP contribution in [0.3, 0.4) is 0 Å². The van der Waals surface area contributed by atoms with Crippen LogP contribution in [0.2, 0.25) is 0 Å². The highest BCUT2D eigenvalue weighted by molar-refractivity contribution is 6.09. The Morgan fingerprint density at radius 2 is 1.37 bits per heavy atom. The van der Waals surface area contributed by atoms with Gasteiger partial charge in [0.15, 0.2) is 0 Å². The minimum atomic E-state index is 0.517. The molecule has 2 aromatic heterocycles. The van der Waals surface area contributed by atoms with Gasteiger partial charge >= 0.3 is 0 Å². The molecule has 240 valence electrons. The largest absolute Gasteiger partial charge is 0.309 e. The van der Waals surface area contributed by atoms with Gasteiger partial charge in [0.05, 0.1) is 56.8 Å². The van der Waals surface area contributed by atoms with Gasteiger partial charge in [0.1, 0.15) is 6.07 Å². The molecule has 0 saturated heterocycles. The molecule has 0 fully saturated rings. The van der Waals surface area contributed by atoms with Crippen LogP contribution in [0, 0.1) is 40.9 Å². The lowest BCUT2D eigenvalue weighted by atomic mass is 9.87. The molecule has 1 aliphatic carbocycles. The maximum absolute atomic E-state index is 10.3. The fourth-order valence-electron chi connectivity index (χ4n) is 7.65. The summed E-state index contributed by atoms with van der Waals surface area (Å²) in [6.07, 6.45) is 9.29. The average molecular weight is 654 g/mol. The Kier molecular flexibility index (Phi) is 7.77. The standard InChI is InChI=1S/C46H31N5/c1-3-9-36(29-49)46-30(2)38-11-4-6-13-41(38)51(46)44-15-8-10-35(28-48)45(44)34-19-17-32(18-20-34)33-21-23-37(24-22-33)50-42-14-7-5-12-39(42)40-26-31(27-47)16-25-43(40)50/h3-17,19,21-26H,1,18,20H2,2H3/b36-9-. The minimum absolute atomic E-state index is 0.517. The molecule has 0 amide bonds. The maximum Gasteiger partial charge on any atom is 0.101 e. The Bertz CT molecular complexity index is 2790. The van der Waals surface area contributed by atoms with E-state index < -0.39 is 0 Å². The summed E-state index contributed by atoms with van der Waals surface area (Å²) in [6, 6.07) is 44.0. The second kappa shape index (κ2) is 12.7. The van der Waals surface area contributed by atoms with Gasteiger partial charge in [0.25, 0.3) is 0 Å². The molecule has 0 N–H and O–H groups in total. The first-order chi connectivity index (χ1) is 25.1. The van der Waals surface area contributed by atoms with Gasteiger partial charge in [-0.1, -0.05) is 79.4 Å². The number of para-hydroxylation sites is 2. The van der Waals surface area contributed by atoms with Crippen molar-refractivity contribution in [2.45, 2.75) is 19.8 Å². The van der Waals surface area contributed by atoms with Gasteiger partial charge in [-0.3, -0.25) is 0 Å². The Morgan fingerprint density at radius 3 is 2.06 bits per heavy atom. The smallest absolute Gasteiger partial charge is 0.101 e. The fourth-order valence-corrected chi connectivity index (χ4v) is 7.65. The second-order valence-electron chi connectivity index (χ2n) is 12.7. The van der Waals surface area contributed by atoms with Crippen molar-refractivity contribution in [3.63, 3.8) is 0 Å². The normalized spacial score (nSPS) is 13.0. The molecule has 5 aromatic carbocycles. The van der Waals surface area contributed by atoms with Gasteiger partial charge in [-0.25, -0.2) is 0 Å². The fraction of sp³-hybridized carbons (Fsp3) is 0.0652. The molecule has 0 atom stereocenters. The number of rotatable bonds is 6. The van der Waals surface area contributed by atoms with E-state index in [1.807, 2.05) is 67.6 Å². The molecule has 0 unspecified atom stereocenters. The van der Waals surface area contributed by atoms with Gasteiger partial charge in [0.2, 0.25) is 0 Å². The van der Waals surface area contributed by atoms with E-state index in [9.17, 15) is 15.8 Å². The van der Waals surface area contributed by atoms with Crippen LogP contribution in [-0.2, 0) is 0 Å². The molecule has 0 radical (unpaired) electrons. The second-order valence-corrected chi connectivity index (χ2v) is 12.7. The molecule has 2 heterocycles. The number of aryl methyl sites for hydroxylation is 1. The monoisotopic (exact) mass is 653 g/mol. The van der Waals surface area contributed by atoms with E-state index in [-0.39, 0.29) is 0 Å². The summed E-state index contributed by atoms with van der Waals surface area (Å²) in [4.78, 5) is 0. The van der Waals surface area contributed by atoms with Crippen molar-refractivity contribution < 1.29 is 0 Å². The molecule has 7 aromatic rings. The van der Waals surface area contributed by atoms with Crippen LogP contribution in [0.15, 0.2) is 140 Å². The van der Waals surface area contributed by atoms with E-state index in [0.717, 1.165) is 84.9 Å². The van der Waals surface area contributed by atoms with E-state index in [2.05, 4.69) is 94.6 Å². The molecule has 0 saturated carbocycles. The number of aromatic nitrogens is 2. The molecular weight excluding hydrogens is 623 g/mol. The Hall–Kier alpha value is -7.13. The number of allylic oxidation sites excluding steroid dienone is 7. The summed E-state index contributed by atoms with van der Waals surface area (Å²) in [7, 11) is 0. The van der Waals surface area contributed by atoms with Crippen LogP contribution in [0.4, 0.5) is 0 Å². The number of hydrogen-bond donors (Lipinski definition) is 0. The SMILES string of the molecule is C=C/C=C(/C#N)c1c(C)c2ccccc2n1-c1cccc(C#N)c1C1=CC=C(c2ccc(-n3c4ccccc4c4cc(C#N)ccc43)cc2)CC1. The van der Waals surface area contributed by atoms with Crippen molar-refractivity contribution in [3.05, 3.63) is 174 Å². The highest BCUT2D eigenvalue weighted by Crippen LogP contribution is 2.40. The van der Waals surface area contributed by atoms with E-state index in [0.29, 0.717) is 16.7 Å². The number of hydrogen-bond acceptors (Lipinski definition) is 3. The topological polar surface area (TPSA) is 81.2 Å². The molecule has 0 spiro atoms. The lowest BCUT2D eigenvalue weighted by molar-refractivity contribution is 1.04. The number of benzene rings is 5. The highest BCUT2D eigenvalue weighted by Gasteiger charge is 2.24. The third-order valence-corrected chi connectivity index (χ3v) is 9.96. The van der Waals surface area contributed by atoms with Crippen LogP contribution >= 0.6 is 0 Å². The van der Waals surface area contributed by atoms with Gasteiger partial charge in [0, 0.05) is 27.4 Å². The highest BCUT2D eigenvalue weighted by atomic mass is 15.0. The minimum Gasteiger partial charge on any atom is -0.309 e. The first kappa shape index (κ1) is 31.2. The first-order valence-electron chi connectivity index (χ1n) is 16.9. The maximum atomic E-state index is 10.3. The first-order valence-corrected chi connectivity index (χ1v) is 16.9. The van der Waals surface area contributed by atoms with E-state index in [1.54, 1.807) is 12.2 Å². The van der Waals surface area contributed by atoms with Crippen molar-refractivity contribution in [1.82, 2.24) is 9.13 Å². The molecular formula is C46H31N5. The van der Waals surface area contributed by atoms with Crippen molar-refractivity contribution in [2.75, 3.05) is 0 Å². The van der Waals surface area contributed by atoms with Crippen LogP contribution in [0.5, 0.6) is 0 Å². The van der Waals surface area contributed by atoms with Crippen LogP contribution in [0.25, 0.3) is 60.8 Å². The summed E-state index contributed by atoms with van der Waals surface area (Å²) in [5, 5.41) is 33.3. The third-order valence-electron chi connectivity index (χ3n) is 9.96. The predicted octanol–water partition coefficient (Wildman–Crippen LogP) is 11.1. The number of nitrogens with zero attached hydrogens (tertiary/aromatic N) is 5. The van der Waals surface area contributed by atoms with Gasteiger partial charge in [-0.2, -0.15) is 15.8 Å². The summed E-state index contributed by atoms with van der Waals surface area (Å²) >= 11 is 0. The van der Waals surface area contributed by atoms with Gasteiger partial charge in [-0.15, -0.1) is 0 Å². The van der Waals surface area contributed by atoms with Crippen molar-refractivity contribution in [1.29, 1.82) is 15.8 Å². The summed E-state index contributed by atoms with van der Waals surface area (Å²) < 4.78 is 4.39. The van der Waals surface area contributed by atoms with Crippen LogP contribution in [-0.4, -0.2) is 9.13 Å². The molecule has 5 nitrogen and oxygen atoms in total. The average Bonchev–Trinajstić information content (AvgIpc) is 3.68. The zero-order valence-electron chi connectivity index (χ0n) is 28.1. The summed E-state index contributed by atoms with van der Waals surface area (Å²) in [6.45, 7) is 5.90. The van der Waals surface area contributed by atoms with Crippen molar-refractivity contribution >= 4 is 49.4 Å². The zero-order chi connectivity index (χ0) is 35.1. The van der Waals surface area contributed by atoms with Crippen molar-refractivity contribution in [3.8, 4) is 29.6 Å². The van der Waals surface area contributed by atoms with E-state index >= 15 is 0 Å². The molecule has 51 heavy (non-hydrogen) atoms. The number of fused-ring (bicyclic) bond motifs is 4. The van der Waals surface area contributed by atoms with E-state index in [4.69, 9.17) is 0 Å². The zero-order valence-corrected chi connectivity index (χ0v) is 28.1. The van der Waals surface area contributed by atoms with Gasteiger partial charge in [-0.05, 0) is 103 Å². The summed E-state index contributed by atoms with van der Waals surface area (Å²) in [5.41, 5.74) is 13.0. The Balaban J connectivity index is 1.21. The Morgan fingerprint density at radius 1 is 0.686 bits per heavy atom. The lowest BCUT2D eigenvalue weighted by Gasteiger charge is -2.21. The molecule has 1 aliphatic rings. The summed E-state index contributed by atoms with van der Waals surface area (Å²) in [5.74, 6) is 0. The molecule has 0 aliphatic heterocycles. The molecule has 8 rings (SSSR count). The number of nitriles is 3. The van der Waals surface area contributed by atoms with Gasteiger partial charge < -0.3 is 9.13 Å². The van der Waals surface area contributed by atoms with E-state index in [1.165, 1.54) is 5.57 Å². The van der Waals surface area contributed by atoms with Crippen molar-refractivity contribution in [2.24, 2.45) is 0 Å². The Labute approximate surface area is 296 Å². The lowest BCUT2D eigenvalue weighted by Crippen LogP contribution is -2.07. The third kappa shape index (κ3) is 5.07. The quantitative estimate of drug-likeness (QED) is 0.132. The predicted molar refractivity (Wildman–Crippen MR) is 207 cm³/mol. The van der Waals surface area contributed by atoms with Crippen LogP contribution in [0.1, 0.15) is 46.4 Å². The van der Waals surface area contributed by atoms with Crippen LogP contribution < -0.4 is 0 Å². The molecule has 0 bridgehead atoms. The molecule has 5 heteroatoms.